The van der Waals surface area contributed by atoms with Gasteiger partial charge >= 0.3 is 0 Å². The number of nitriles is 1. The summed E-state index contributed by atoms with van der Waals surface area (Å²) in [5, 5.41) is 16.4. The van der Waals surface area contributed by atoms with Crippen molar-refractivity contribution in [2.45, 2.75) is 32.7 Å². The van der Waals surface area contributed by atoms with E-state index in [9.17, 15) is 4.79 Å². The lowest BCUT2D eigenvalue weighted by atomic mass is 9.92. The maximum absolute atomic E-state index is 12.4. The lowest BCUT2D eigenvalue weighted by Gasteiger charge is -2.14. The summed E-state index contributed by atoms with van der Waals surface area (Å²) < 4.78 is 7.32. The van der Waals surface area contributed by atoms with Gasteiger partial charge in [-0.05, 0) is 29.8 Å². The van der Waals surface area contributed by atoms with Crippen molar-refractivity contribution in [1.82, 2.24) is 9.78 Å². The third-order valence-electron chi connectivity index (χ3n) is 4.34. The molecule has 1 N–H and O–H groups in total. The Morgan fingerprint density at radius 1 is 1.14 bits per heavy atom. The quantitative estimate of drug-likeness (QED) is 0.689. The number of nitrogens with zero attached hydrogens (tertiary/aromatic N) is 3. The van der Waals surface area contributed by atoms with Crippen molar-refractivity contribution in [2.24, 2.45) is 0 Å². The molecule has 6 nitrogen and oxygen atoms in total. The van der Waals surface area contributed by atoms with Crippen LogP contribution in [0.2, 0.25) is 0 Å². The van der Waals surface area contributed by atoms with E-state index < -0.39 is 0 Å². The monoisotopic (exact) mass is 388 g/mol. The number of rotatable bonds is 6. The van der Waals surface area contributed by atoms with Crippen molar-refractivity contribution in [1.29, 1.82) is 5.26 Å². The average molecular weight is 388 g/mol. The molecule has 6 heteroatoms. The summed E-state index contributed by atoms with van der Waals surface area (Å²) in [4.78, 5) is 12.4. The SMILES string of the molecule is CC(C)(C)c1cc(NC(=O)COc2ccc(C#N)cc2)n(Cc2ccccc2)n1. The van der Waals surface area contributed by atoms with Gasteiger partial charge in [0.25, 0.3) is 5.91 Å². The Hall–Kier alpha value is -3.59. The van der Waals surface area contributed by atoms with Crippen LogP contribution < -0.4 is 10.1 Å². The fourth-order valence-corrected chi connectivity index (χ4v) is 2.71. The predicted octanol–water partition coefficient (Wildman–Crippen LogP) is 4.12. The van der Waals surface area contributed by atoms with E-state index >= 15 is 0 Å². The van der Waals surface area contributed by atoms with Gasteiger partial charge in [-0.25, -0.2) is 4.68 Å². The van der Waals surface area contributed by atoms with Crippen LogP contribution in [0.5, 0.6) is 5.75 Å². The van der Waals surface area contributed by atoms with E-state index in [-0.39, 0.29) is 17.9 Å². The number of anilines is 1. The average Bonchev–Trinajstić information content (AvgIpc) is 3.10. The smallest absolute Gasteiger partial charge is 0.263 e. The van der Waals surface area contributed by atoms with Gasteiger partial charge in [0, 0.05) is 11.5 Å². The molecule has 0 aliphatic heterocycles. The Labute approximate surface area is 170 Å². The Balaban J connectivity index is 1.71. The summed E-state index contributed by atoms with van der Waals surface area (Å²) in [6.07, 6.45) is 0. The van der Waals surface area contributed by atoms with E-state index in [4.69, 9.17) is 15.1 Å². The standard InChI is InChI=1S/C23H24N4O2/c1-23(2,3)20-13-21(27(26-20)15-18-7-5-4-6-8-18)25-22(28)16-29-19-11-9-17(14-24)10-12-19/h4-13H,15-16H2,1-3H3,(H,25,28). The lowest BCUT2D eigenvalue weighted by molar-refractivity contribution is -0.118. The number of carbonyl (C=O) groups excluding carboxylic acids is 1. The molecular weight excluding hydrogens is 364 g/mol. The van der Waals surface area contributed by atoms with Gasteiger partial charge in [0.2, 0.25) is 0 Å². The normalized spacial score (nSPS) is 11.0. The first-order chi connectivity index (χ1) is 13.8. The molecule has 29 heavy (non-hydrogen) atoms. The zero-order valence-corrected chi connectivity index (χ0v) is 16.8. The van der Waals surface area contributed by atoms with Crippen molar-refractivity contribution in [3.63, 3.8) is 0 Å². The first kappa shape index (κ1) is 20.2. The zero-order valence-electron chi connectivity index (χ0n) is 16.8. The maximum Gasteiger partial charge on any atom is 0.263 e. The molecule has 3 rings (SSSR count). The lowest BCUT2D eigenvalue weighted by Crippen LogP contribution is -2.22. The molecule has 0 radical (unpaired) electrons. The molecular formula is C23H24N4O2. The molecule has 1 aromatic heterocycles. The molecule has 0 bridgehead atoms. The number of hydrogen-bond donors (Lipinski definition) is 1. The first-order valence-electron chi connectivity index (χ1n) is 9.40. The second-order valence-corrected chi connectivity index (χ2v) is 7.78. The van der Waals surface area contributed by atoms with Crippen LogP contribution in [0.1, 0.15) is 37.6 Å². The molecule has 0 aliphatic carbocycles. The molecule has 1 heterocycles. The van der Waals surface area contributed by atoms with Crippen LogP contribution in [0.3, 0.4) is 0 Å². The van der Waals surface area contributed by atoms with Crippen LogP contribution >= 0.6 is 0 Å². The van der Waals surface area contributed by atoms with E-state index in [0.29, 0.717) is 23.7 Å². The summed E-state index contributed by atoms with van der Waals surface area (Å²) in [5.41, 5.74) is 2.40. The van der Waals surface area contributed by atoms with Gasteiger partial charge in [-0.3, -0.25) is 4.79 Å². The fourth-order valence-electron chi connectivity index (χ4n) is 2.71. The second-order valence-electron chi connectivity index (χ2n) is 7.78. The summed E-state index contributed by atoms with van der Waals surface area (Å²) in [6.45, 7) is 6.68. The van der Waals surface area contributed by atoms with Crippen molar-refractivity contribution in [3.05, 3.63) is 77.5 Å². The highest BCUT2D eigenvalue weighted by atomic mass is 16.5. The summed E-state index contributed by atoms with van der Waals surface area (Å²) in [7, 11) is 0. The Kier molecular flexibility index (Phi) is 5.99. The van der Waals surface area contributed by atoms with Crippen molar-refractivity contribution >= 4 is 11.7 Å². The molecule has 0 fully saturated rings. The number of ether oxygens (including phenoxy) is 1. The van der Waals surface area contributed by atoms with Crippen LogP contribution in [0, 0.1) is 11.3 Å². The van der Waals surface area contributed by atoms with E-state index in [1.165, 1.54) is 0 Å². The highest BCUT2D eigenvalue weighted by Gasteiger charge is 2.21. The van der Waals surface area contributed by atoms with Gasteiger partial charge in [-0.1, -0.05) is 51.1 Å². The minimum absolute atomic E-state index is 0.132. The third kappa shape index (κ3) is 5.45. The molecule has 0 unspecified atom stereocenters. The molecule has 0 atom stereocenters. The molecule has 1 amide bonds. The summed E-state index contributed by atoms with van der Waals surface area (Å²) in [6, 6.07) is 20.6. The van der Waals surface area contributed by atoms with Crippen molar-refractivity contribution in [2.75, 3.05) is 11.9 Å². The molecule has 0 spiro atoms. The topological polar surface area (TPSA) is 79.9 Å². The maximum atomic E-state index is 12.4. The van der Waals surface area contributed by atoms with E-state index in [1.807, 2.05) is 42.5 Å². The molecule has 148 valence electrons. The van der Waals surface area contributed by atoms with Gasteiger partial charge in [-0.2, -0.15) is 10.4 Å². The van der Waals surface area contributed by atoms with Crippen LogP contribution in [0.4, 0.5) is 5.82 Å². The van der Waals surface area contributed by atoms with E-state index in [2.05, 4.69) is 26.1 Å². The van der Waals surface area contributed by atoms with Gasteiger partial charge < -0.3 is 10.1 Å². The Bertz CT molecular complexity index is 1010. The predicted molar refractivity (Wildman–Crippen MR) is 112 cm³/mol. The first-order valence-corrected chi connectivity index (χ1v) is 9.40. The molecule has 0 saturated carbocycles. The number of amides is 1. The van der Waals surface area contributed by atoms with Crippen LogP contribution in [-0.4, -0.2) is 22.3 Å². The van der Waals surface area contributed by atoms with Crippen molar-refractivity contribution in [3.8, 4) is 11.8 Å². The van der Waals surface area contributed by atoms with Gasteiger partial charge in [0.1, 0.15) is 11.6 Å². The Morgan fingerprint density at radius 3 is 2.45 bits per heavy atom. The molecule has 2 aromatic carbocycles. The second kappa shape index (κ2) is 8.61. The number of aromatic nitrogens is 2. The Morgan fingerprint density at radius 2 is 1.83 bits per heavy atom. The number of nitrogens with one attached hydrogen (secondary N) is 1. The molecule has 3 aromatic rings. The highest BCUT2D eigenvalue weighted by Crippen LogP contribution is 2.24. The van der Waals surface area contributed by atoms with E-state index in [0.717, 1.165) is 11.3 Å². The largest absolute Gasteiger partial charge is 0.484 e. The zero-order chi connectivity index (χ0) is 20.9. The van der Waals surface area contributed by atoms with Gasteiger partial charge in [-0.15, -0.1) is 0 Å². The fraction of sp³-hybridized carbons (Fsp3) is 0.261. The highest BCUT2D eigenvalue weighted by molar-refractivity contribution is 5.91. The number of carbonyl (C=O) groups is 1. The molecule has 0 aliphatic rings. The summed E-state index contributed by atoms with van der Waals surface area (Å²) in [5.74, 6) is 0.892. The van der Waals surface area contributed by atoms with Gasteiger partial charge in [0.05, 0.1) is 23.9 Å². The molecule has 0 saturated heterocycles. The van der Waals surface area contributed by atoms with Crippen LogP contribution in [0.15, 0.2) is 60.7 Å². The van der Waals surface area contributed by atoms with Crippen LogP contribution in [0.25, 0.3) is 0 Å². The minimum atomic E-state index is -0.274. The van der Waals surface area contributed by atoms with Crippen LogP contribution in [-0.2, 0) is 16.8 Å². The third-order valence-corrected chi connectivity index (χ3v) is 4.34. The summed E-state index contributed by atoms with van der Waals surface area (Å²) >= 11 is 0. The van der Waals surface area contributed by atoms with Gasteiger partial charge in [0.15, 0.2) is 6.61 Å². The number of benzene rings is 2. The number of hydrogen-bond acceptors (Lipinski definition) is 4. The van der Waals surface area contributed by atoms with Crippen molar-refractivity contribution < 1.29 is 9.53 Å². The van der Waals surface area contributed by atoms with E-state index in [1.54, 1.807) is 28.9 Å². The minimum Gasteiger partial charge on any atom is -0.484 e.